The molecule has 0 unspecified atom stereocenters. The Labute approximate surface area is 179 Å². The highest BCUT2D eigenvalue weighted by molar-refractivity contribution is 7.89. The van der Waals surface area contributed by atoms with Crippen LogP contribution in [0.15, 0.2) is 47.6 Å². The van der Waals surface area contributed by atoms with Gasteiger partial charge in [-0.1, -0.05) is 13.8 Å². The van der Waals surface area contributed by atoms with E-state index in [2.05, 4.69) is 15.4 Å². The molecule has 0 aliphatic carbocycles. The number of carbonyl (C=O) groups is 2. The lowest BCUT2D eigenvalue weighted by Gasteiger charge is -2.18. The predicted molar refractivity (Wildman–Crippen MR) is 113 cm³/mol. The summed E-state index contributed by atoms with van der Waals surface area (Å²) in [5, 5.41) is 6.75. The summed E-state index contributed by atoms with van der Waals surface area (Å²) in [7, 11) is -3.58. The third kappa shape index (κ3) is 4.72. The minimum Gasteiger partial charge on any atom is -0.452 e. The van der Waals surface area contributed by atoms with Crippen LogP contribution in [0.3, 0.4) is 0 Å². The van der Waals surface area contributed by atoms with Crippen LogP contribution >= 0.6 is 0 Å². The number of rotatable bonds is 8. The summed E-state index contributed by atoms with van der Waals surface area (Å²) in [5.74, 6) is -1.27. The number of nitrogens with one attached hydrogen (secondary N) is 1. The van der Waals surface area contributed by atoms with E-state index in [1.807, 2.05) is 0 Å². The fourth-order valence-electron chi connectivity index (χ4n) is 3.06. The molecule has 11 heteroatoms. The molecule has 2 aromatic heterocycles. The molecule has 3 aromatic rings. The van der Waals surface area contributed by atoms with Gasteiger partial charge in [-0.3, -0.25) is 4.79 Å². The second kappa shape index (κ2) is 9.23. The predicted octanol–water partition coefficient (Wildman–Crippen LogP) is 1.86. The Bertz CT molecular complexity index is 1200. The molecule has 10 nitrogen and oxygen atoms in total. The van der Waals surface area contributed by atoms with Crippen LogP contribution in [0.2, 0.25) is 0 Å². The monoisotopic (exact) mass is 445 g/mol. The van der Waals surface area contributed by atoms with Crippen LogP contribution in [0.25, 0.3) is 5.65 Å². The Kier molecular flexibility index (Phi) is 6.66. The summed E-state index contributed by atoms with van der Waals surface area (Å²) in [6.45, 7) is 5.40. The van der Waals surface area contributed by atoms with Crippen molar-refractivity contribution in [3.05, 3.63) is 54.0 Å². The summed E-state index contributed by atoms with van der Waals surface area (Å²) in [6, 6.07) is 7.48. The van der Waals surface area contributed by atoms with E-state index in [0.717, 1.165) is 0 Å². The zero-order valence-electron chi connectivity index (χ0n) is 17.4. The maximum Gasteiger partial charge on any atom is 0.344 e. The largest absolute Gasteiger partial charge is 0.452 e. The van der Waals surface area contributed by atoms with Gasteiger partial charge in [0.15, 0.2) is 12.3 Å². The second-order valence-corrected chi connectivity index (χ2v) is 8.52. The van der Waals surface area contributed by atoms with Crippen LogP contribution in [0, 0.1) is 6.92 Å². The number of aromatic nitrogens is 3. The summed E-state index contributed by atoms with van der Waals surface area (Å²) in [5.41, 5.74) is 1.36. The Morgan fingerprint density at radius 3 is 2.48 bits per heavy atom. The van der Waals surface area contributed by atoms with Crippen molar-refractivity contribution in [3.63, 3.8) is 0 Å². The van der Waals surface area contributed by atoms with Crippen molar-refractivity contribution in [1.29, 1.82) is 0 Å². The van der Waals surface area contributed by atoms with Crippen molar-refractivity contribution < 1.29 is 22.7 Å². The van der Waals surface area contributed by atoms with E-state index in [0.29, 0.717) is 30.1 Å². The van der Waals surface area contributed by atoms with E-state index in [9.17, 15) is 18.0 Å². The van der Waals surface area contributed by atoms with Crippen LogP contribution < -0.4 is 5.32 Å². The number of nitrogens with zero attached hydrogens (tertiary/aromatic N) is 4. The van der Waals surface area contributed by atoms with Crippen molar-refractivity contribution in [2.24, 2.45) is 0 Å². The number of sulfonamides is 1. The molecule has 0 fully saturated rings. The highest BCUT2D eigenvalue weighted by Crippen LogP contribution is 2.18. The van der Waals surface area contributed by atoms with Crippen molar-refractivity contribution in [2.45, 2.75) is 25.7 Å². The standard InChI is InChI=1S/C20H23N5O5S/c1-4-24(5-2)31(28,29)16-9-7-15(8-10-16)22-17(26)13-30-20(27)18-14(3)23-25-12-6-11-21-19(18)25/h6-12H,4-5,13H2,1-3H3,(H,22,26). The Morgan fingerprint density at radius 1 is 1.16 bits per heavy atom. The van der Waals surface area contributed by atoms with Crippen LogP contribution in [0.4, 0.5) is 5.69 Å². The molecule has 3 rings (SSSR count). The molecule has 0 spiro atoms. The van der Waals surface area contributed by atoms with E-state index in [-0.39, 0.29) is 10.5 Å². The van der Waals surface area contributed by atoms with Gasteiger partial charge in [-0.2, -0.15) is 9.40 Å². The first-order chi connectivity index (χ1) is 14.8. The molecule has 2 heterocycles. The number of benzene rings is 1. The zero-order chi connectivity index (χ0) is 22.6. The maximum atomic E-state index is 12.5. The summed E-state index contributed by atoms with van der Waals surface area (Å²) < 4.78 is 32.9. The van der Waals surface area contributed by atoms with Crippen molar-refractivity contribution in [3.8, 4) is 0 Å². The lowest BCUT2D eigenvalue weighted by molar-refractivity contribution is -0.119. The fourth-order valence-corrected chi connectivity index (χ4v) is 4.52. The molecule has 0 radical (unpaired) electrons. The van der Waals surface area contributed by atoms with Crippen molar-refractivity contribution in [1.82, 2.24) is 18.9 Å². The number of aryl methyl sites for hydroxylation is 1. The number of hydrogen-bond donors (Lipinski definition) is 1. The molecule has 1 amide bonds. The molecular formula is C20H23N5O5S. The fraction of sp³-hybridized carbons (Fsp3) is 0.300. The van der Waals surface area contributed by atoms with Crippen LogP contribution in [0.1, 0.15) is 29.9 Å². The third-order valence-electron chi connectivity index (χ3n) is 4.59. The molecule has 1 N–H and O–H groups in total. The molecule has 0 atom stereocenters. The molecule has 0 bridgehead atoms. The van der Waals surface area contributed by atoms with E-state index in [1.54, 1.807) is 33.0 Å². The molecule has 0 aliphatic heterocycles. The van der Waals surface area contributed by atoms with E-state index in [1.165, 1.54) is 39.3 Å². The molecule has 31 heavy (non-hydrogen) atoms. The number of fused-ring (bicyclic) bond motifs is 1. The number of hydrogen-bond acceptors (Lipinski definition) is 7. The van der Waals surface area contributed by atoms with E-state index < -0.39 is 28.5 Å². The normalized spacial score (nSPS) is 11.6. The first-order valence-electron chi connectivity index (χ1n) is 9.65. The smallest absolute Gasteiger partial charge is 0.344 e. The van der Waals surface area contributed by atoms with Gasteiger partial charge in [-0.05, 0) is 37.3 Å². The van der Waals surface area contributed by atoms with Gasteiger partial charge in [-0.25, -0.2) is 22.7 Å². The minimum absolute atomic E-state index is 0.136. The topological polar surface area (TPSA) is 123 Å². The molecule has 0 aliphatic rings. The zero-order valence-corrected chi connectivity index (χ0v) is 18.2. The quantitative estimate of drug-likeness (QED) is 0.525. The Hall–Kier alpha value is -3.31. The van der Waals surface area contributed by atoms with Gasteiger partial charge in [0.1, 0.15) is 5.56 Å². The number of esters is 1. The summed E-state index contributed by atoms with van der Waals surface area (Å²) in [6.07, 6.45) is 3.19. The minimum atomic E-state index is -3.58. The van der Waals surface area contributed by atoms with Crippen LogP contribution in [-0.4, -0.2) is 58.9 Å². The highest BCUT2D eigenvalue weighted by Gasteiger charge is 2.22. The van der Waals surface area contributed by atoms with Gasteiger partial charge in [0, 0.05) is 31.2 Å². The molecule has 0 saturated heterocycles. The molecular weight excluding hydrogens is 422 g/mol. The van der Waals surface area contributed by atoms with Crippen molar-refractivity contribution in [2.75, 3.05) is 25.0 Å². The van der Waals surface area contributed by atoms with Gasteiger partial charge >= 0.3 is 5.97 Å². The average molecular weight is 446 g/mol. The van der Waals surface area contributed by atoms with Gasteiger partial charge in [0.2, 0.25) is 10.0 Å². The Morgan fingerprint density at radius 2 is 1.84 bits per heavy atom. The number of ether oxygens (including phenoxy) is 1. The first kappa shape index (κ1) is 22.4. The molecule has 1 aromatic carbocycles. The van der Waals surface area contributed by atoms with Gasteiger partial charge in [-0.15, -0.1) is 0 Å². The lowest BCUT2D eigenvalue weighted by Crippen LogP contribution is -2.30. The van der Waals surface area contributed by atoms with Crippen LogP contribution in [0.5, 0.6) is 0 Å². The van der Waals surface area contributed by atoms with E-state index >= 15 is 0 Å². The number of anilines is 1. The van der Waals surface area contributed by atoms with Gasteiger partial charge in [0.25, 0.3) is 5.91 Å². The summed E-state index contributed by atoms with van der Waals surface area (Å²) in [4.78, 5) is 28.8. The van der Waals surface area contributed by atoms with E-state index in [4.69, 9.17) is 4.74 Å². The molecule has 0 saturated carbocycles. The average Bonchev–Trinajstić information content (AvgIpc) is 3.09. The molecule has 164 valence electrons. The van der Waals surface area contributed by atoms with Crippen molar-refractivity contribution >= 4 is 33.2 Å². The first-order valence-corrected chi connectivity index (χ1v) is 11.1. The van der Waals surface area contributed by atoms with Gasteiger partial charge < -0.3 is 10.1 Å². The SMILES string of the molecule is CCN(CC)S(=O)(=O)c1ccc(NC(=O)COC(=O)c2c(C)nn3cccnc23)cc1. The number of carbonyl (C=O) groups excluding carboxylic acids is 2. The highest BCUT2D eigenvalue weighted by atomic mass is 32.2. The summed E-state index contributed by atoms with van der Waals surface area (Å²) >= 11 is 0. The van der Waals surface area contributed by atoms with Gasteiger partial charge in [0.05, 0.1) is 10.6 Å². The van der Waals surface area contributed by atoms with Crippen LogP contribution in [-0.2, 0) is 19.6 Å². The second-order valence-electron chi connectivity index (χ2n) is 6.59. The Balaban J connectivity index is 1.62. The number of amides is 1. The maximum absolute atomic E-state index is 12.5. The third-order valence-corrected chi connectivity index (χ3v) is 6.65. The lowest BCUT2D eigenvalue weighted by atomic mass is 10.2.